The van der Waals surface area contributed by atoms with E-state index in [2.05, 4.69) is 17.5 Å². The number of amides is 3. The van der Waals surface area contributed by atoms with Crippen molar-refractivity contribution in [3.05, 3.63) is 71.3 Å². The van der Waals surface area contributed by atoms with E-state index >= 15 is 0 Å². The SMILES string of the molecule is O=C(Nc1ccccc1Cl)c1ccc(N2C(=O)C3C4C=CC(C5CC45)C3C2=O)cc1. The number of nitrogens with one attached hydrogen (secondary N) is 1. The normalized spacial score (nSPS) is 32.8. The van der Waals surface area contributed by atoms with Crippen LogP contribution < -0.4 is 10.2 Å². The Labute approximate surface area is 178 Å². The molecule has 3 fully saturated rings. The first kappa shape index (κ1) is 17.9. The van der Waals surface area contributed by atoms with E-state index < -0.39 is 0 Å². The molecule has 5 nitrogen and oxygen atoms in total. The molecule has 2 aromatic rings. The number of rotatable bonds is 3. The second kappa shape index (κ2) is 6.29. The summed E-state index contributed by atoms with van der Waals surface area (Å²) in [6, 6.07) is 13.6. The molecule has 2 bridgehead atoms. The predicted octanol–water partition coefficient (Wildman–Crippen LogP) is 4.15. The Morgan fingerprint density at radius 1 is 0.900 bits per heavy atom. The second-order valence-electron chi connectivity index (χ2n) is 8.65. The van der Waals surface area contributed by atoms with Gasteiger partial charge in [-0.3, -0.25) is 19.3 Å². The van der Waals surface area contributed by atoms with Crippen LogP contribution >= 0.6 is 11.6 Å². The lowest BCUT2D eigenvalue weighted by molar-refractivity contribution is -0.124. The monoisotopic (exact) mass is 418 g/mol. The summed E-state index contributed by atoms with van der Waals surface area (Å²) in [5.74, 6) is 0.622. The van der Waals surface area contributed by atoms with E-state index in [9.17, 15) is 14.4 Å². The van der Waals surface area contributed by atoms with Gasteiger partial charge in [0.05, 0.1) is 28.2 Å². The minimum Gasteiger partial charge on any atom is -0.321 e. The summed E-state index contributed by atoms with van der Waals surface area (Å²) in [5, 5.41) is 3.23. The number of benzene rings is 2. The summed E-state index contributed by atoms with van der Waals surface area (Å²) >= 11 is 6.10. The highest BCUT2D eigenvalue weighted by Gasteiger charge is 2.67. The van der Waals surface area contributed by atoms with Crippen LogP contribution in [0.15, 0.2) is 60.7 Å². The zero-order valence-electron chi connectivity index (χ0n) is 16.0. The van der Waals surface area contributed by atoms with Crippen LogP contribution in [0.5, 0.6) is 0 Å². The molecule has 1 saturated heterocycles. The summed E-state index contributed by atoms with van der Waals surface area (Å²) in [6.07, 6.45) is 5.47. The van der Waals surface area contributed by atoms with Crippen molar-refractivity contribution in [2.45, 2.75) is 6.42 Å². The first-order valence-electron chi connectivity index (χ1n) is 10.3. The third-order valence-electron chi connectivity index (χ3n) is 7.17. The standard InChI is InChI=1S/C24H19ClN2O3/c25-18-3-1-2-4-19(18)26-22(28)12-5-7-13(8-6-12)27-23(29)20-14-9-10-15(17-11-16(14)17)21(20)24(27)30/h1-10,14-17,20-21H,11H2,(H,26,28). The molecule has 6 atom stereocenters. The number of halogens is 1. The largest absolute Gasteiger partial charge is 0.321 e. The fraction of sp³-hybridized carbons (Fsp3) is 0.292. The number of nitrogens with zero attached hydrogens (tertiary/aromatic N) is 1. The highest BCUT2D eigenvalue weighted by atomic mass is 35.5. The average molecular weight is 419 g/mol. The molecule has 6 heteroatoms. The fourth-order valence-corrected chi connectivity index (χ4v) is 5.91. The van der Waals surface area contributed by atoms with Crippen LogP contribution in [0.1, 0.15) is 16.8 Å². The number of hydrogen-bond acceptors (Lipinski definition) is 3. The lowest BCUT2D eigenvalue weighted by Gasteiger charge is -2.37. The van der Waals surface area contributed by atoms with Gasteiger partial charge in [0.25, 0.3) is 5.91 Å². The highest BCUT2D eigenvalue weighted by molar-refractivity contribution is 6.34. The van der Waals surface area contributed by atoms with E-state index in [1.165, 1.54) is 4.90 Å². The van der Waals surface area contributed by atoms with E-state index in [1.807, 2.05) is 0 Å². The van der Waals surface area contributed by atoms with E-state index in [0.29, 0.717) is 33.8 Å². The van der Waals surface area contributed by atoms with Gasteiger partial charge in [0.15, 0.2) is 0 Å². The summed E-state index contributed by atoms with van der Waals surface area (Å²) < 4.78 is 0. The zero-order valence-corrected chi connectivity index (χ0v) is 16.8. The van der Waals surface area contributed by atoms with Gasteiger partial charge >= 0.3 is 0 Å². The molecule has 3 amide bonds. The lowest BCUT2D eigenvalue weighted by Crippen LogP contribution is -2.40. The first-order chi connectivity index (χ1) is 14.5. The Morgan fingerprint density at radius 3 is 2.10 bits per heavy atom. The Bertz CT molecular complexity index is 1090. The molecule has 5 aliphatic rings. The second-order valence-corrected chi connectivity index (χ2v) is 9.05. The molecule has 6 unspecified atom stereocenters. The van der Waals surface area contributed by atoms with Crippen LogP contribution in [0.4, 0.5) is 11.4 Å². The summed E-state index contributed by atoms with van der Waals surface area (Å²) in [7, 11) is 0. The summed E-state index contributed by atoms with van der Waals surface area (Å²) in [4.78, 5) is 40.2. The number of anilines is 2. The van der Waals surface area contributed by atoms with E-state index in [0.717, 1.165) is 6.42 Å². The molecule has 7 rings (SSSR count). The van der Waals surface area contributed by atoms with Crippen molar-refractivity contribution in [3.8, 4) is 0 Å². The number of carbonyl (C=O) groups excluding carboxylic acids is 3. The molecule has 0 radical (unpaired) electrons. The fourth-order valence-electron chi connectivity index (χ4n) is 5.73. The number of para-hydroxylation sites is 1. The van der Waals surface area contributed by atoms with Crippen LogP contribution in [-0.4, -0.2) is 17.7 Å². The Kier molecular flexibility index (Phi) is 3.75. The minimum absolute atomic E-state index is 0.0945. The van der Waals surface area contributed by atoms with Crippen LogP contribution in [0.3, 0.4) is 0 Å². The van der Waals surface area contributed by atoms with Crippen molar-refractivity contribution in [2.75, 3.05) is 10.2 Å². The molecule has 2 aromatic carbocycles. The van der Waals surface area contributed by atoms with Gasteiger partial charge in [0.2, 0.25) is 11.8 Å². The van der Waals surface area contributed by atoms with Crippen molar-refractivity contribution in [2.24, 2.45) is 35.5 Å². The molecule has 1 heterocycles. The number of carbonyl (C=O) groups is 3. The first-order valence-corrected chi connectivity index (χ1v) is 10.6. The van der Waals surface area contributed by atoms with Gasteiger partial charge in [-0.2, -0.15) is 0 Å². The van der Waals surface area contributed by atoms with Crippen molar-refractivity contribution in [3.63, 3.8) is 0 Å². The van der Waals surface area contributed by atoms with Crippen LogP contribution in [0, 0.1) is 35.5 Å². The van der Waals surface area contributed by atoms with Crippen LogP contribution in [0.25, 0.3) is 0 Å². The Morgan fingerprint density at radius 2 is 1.50 bits per heavy atom. The Hall–Kier alpha value is -2.92. The third-order valence-corrected chi connectivity index (χ3v) is 7.50. The summed E-state index contributed by atoms with van der Waals surface area (Å²) in [5.41, 5.74) is 1.49. The molecular weight excluding hydrogens is 400 g/mol. The van der Waals surface area contributed by atoms with Crippen molar-refractivity contribution in [1.29, 1.82) is 0 Å². The average Bonchev–Trinajstić information content (AvgIpc) is 3.53. The van der Waals surface area contributed by atoms with E-state index in [1.54, 1.807) is 48.5 Å². The lowest BCUT2D eigenvalue weighted by atomic mass is 9.63. The predicted molar refractivity (Wildman–Crippen MR) is 113 cm³/mol. The third kappa shape index (κ3) is 2.45. The van der Waals surface area contributed by atoms with Crippen LogP contribution in [0.2, 0.25) is 5.02 Å². The molecule has 1 N–H and O–H groups in total. The zero-order chi connectivity index (χ0) is 20.6. The van der Waals surface area contributed by atoms with Crippen molar-refractivity contribution in [1.82, 2.24) is 0 Å². The Balaban J connectivity index is 1.24. The van der Waals surface area contributed by atoms with Gasteiger partial charge in [-0.05, 0) is 66.5 Å². The number of allylic oxidation sites excluding steroid dienone is 2. The molecule has 30 heavy (non-hydrogen) atoms. The molecule has 1 aliphatic heterocycles. The van der Waals surface area contributed by atoms with Crippen LogP contribution in [-0.2, 0) is 9.59 Å². The molecular formula is C24H19ClN2O3. The summed E-state index contributed by atoms with van der Waals surface area (Å²) in [6.45, 7) is 0. The van der Waals surface area contributed by atoms with Gasteiger partial charge < -0.3 is 5.32 Å². The van der Waals surface area contributed by atoms with Gasteiger partial charge in [0, 0.05) is 5.56 Å². The molecule has 4 aliphatic carbocycles. The van der Waals surface area contributed by atoms with Gasteiger partial charge in [-0.25, -0.2) is 0 Å². The van der Waals surface area contributed by atoms with Crippen molar-refractivity contribution < 1.29 is 14.4 Å². The number of imide groups is 1. The van der Waals surface area contributed by atoms with Crippen molar-refractivity contribution >= 4 is 40.7 Å². The maximum atomic E-state index is 13.2. The topological polar surface area (TPSA) is 66.5 Å². The molecule has 150 valence electrons. The van der Waals surface area contributed by atoms with Gasteiger partial charge in [0.1, 0.15) is 0 Å². The van der Waals surface area contributed by atoms with E-state index in [-0.39, 0.29) is 41.4 Å². The van der Waals surface area contributed by atoms with Gasteiger partial charge in [-0.15, -0.1) is 0 Å². The number of hydrogen-bond donors (Lipinski definition) is 1. The maximum absolute atomic E-state index is 13.2. The molecule has 0 spiro atoms. The maximum Gasteiger partial charge on any atom is 0.255 e. The molecule has 2 saturated carbocycles. The smallest absolute Gasteiger partial charge is 0.255 e. The minimum atomic E-state index is -0.301. The quantitative estimate of drug-likeness (QED) is 0.601. The molecule has 0 aromatic heterocycles. The highest BCUT2D eigenvalue weighted by Crippen LogP contribution is 2.65. The van der Waals surface area contributed by atoms with E-state index in [4.69, 9.17) is 11.6 Å². The van der Waals surface area contributed by atoms with Gasteiger partial charge in [-0.1, -0.05) is 35.9 Å².